The van der Waals surface area contributed by atoms with Crippen LogP contribution < -0.4 is 5.32 Å². The van der Waals surface area contributed by atoms with Gasteiger partial charge in [0, 0.05) is 43.9 Å². The van der Waals surface area contributed by atoms with Crippen LogP contribution in [0.1, 0.15) is 83.1 Å². The molecule has 0 fully saturated rings. The zero-order valence-corrected chi connectivity index (χ0v) is 23.5. The van der Waals surface area contributed by atoms with Crippen LogP contribution in [-0.2, 0) is 19.1 Å². The van der Waals surface area contributed by atoms with E-state index >= 15 is 0 Å². The summed E-state index contributed by atoms with van der Waals surface area (Å²) in [4.78, 5) is 51.8. The smallest absolute Gasteiger partial charge is 0.270 e. The van der Waals surface area contributed by atoms with Crippen molar-refractivity contribution >= 4 is 23.3 Å². The van der Waals surface area contributed by atoms with Crippen LogP contribution in [0.3, 0.4) is 0 Å². The molecule has 1 N–H and O–H groups in total. The van der Waals surface area contributed by atoms with Crippen molar-refractivity contribution < 1.29 is 30.1 Å². The lowest BCUT2D eigenvalue weighted by Gasteiger charge is -2.19. The molecule has 8 nitrogen and oxygen atoms in total. The van der Waals surface area contributed by atoms with Gasteiger partial charge in [-0.2, -0.15) is 0 Å². The van der Waals surface area contributed by atoms with E-state index < -0.39 is 6.04 Å². The summed E-state index contributed by atoms with van der Waals surface area (Å²) in [6, 6.07) is 10.3. The molecule has 0 radical (unpaired) electrons. The maximum absolute atomic E-state index is 12.8. The molecule has 0 saturated carbocycles. The van der Waals surface area contributed by atoms with Gasteiger partial charge in [0.2, 0.25) is 0 Å². The fraction of sp³-hybridized carbons (Fsp3) is 0.500. The average molecular weight is 529 g/mol. The molecule has 38 heavy (non-hydrogen) atoms. The van der Waals surface area contributed by atoms with Crippen LogP contribution in [0.5, 0.6) is 0 Å². The summed E-state index contributed by atoms with van der Waals surface area (Å²) in [7, 11) is 0. The molecule has 210 valence electrons. The summed E-state index contributed by atoms with van der Waals surface area (Å²) in [6.45, 7) is 11.9. The van der Waals surface area contributed by atoms with E-state index in [0.717, 1.165) is 11.1 Å². The molecule has 0 aliphatic heterocycles. The summed E-state index contributed by atoms with van der Waals surface area (Å²) in [5.41, 5.74) is 2.61. The van der Waals surface area contributed by atoms with Gasteiger partial charge in [0.25, 0.3) is 5.91 Å². The lowest BCUT2D eigenvalue weighted by molar-refractivity contribution is -0.120. The first-order valence-corrected chi connectivity index (χ1v) is 13.3. The summed E-state index contributed by atoms with van der Waals surface area (Å²) in [5.74, 6) is -0.225. The molecule has 1 heterocycles. The molecule has 1 aromatic carbocycles. The SMILES string of the molecule is CC.CCC(=O)CCOCC(COCCC(C)=O)NC(=O)c1ccc(-c2ccc(C(=O)C(C)C)cc2)cn1.[HH]. The van der Waals surface area contributed by atoms with Crippen LogP contribution in [0.25, 0.3) is 11.1 Å². The Labute approximate surface area is 228 Å². The highest BCUT2D eigenvalue weighted by molar-refractivity contribution is 5.97. The van der Waals surface area contributed by atoms with E-state index in [2.05, 4.69) is 10.3 Å². The van der Waals surface area contributed by atoms with Gasteiger partial charge in [0.15, 0.2) is 5.78 Å². The summed E-state index contributed by atoms with van der Waals surface area (Å²) in [5, 5.41) is 2.85. The second-order valence-corrected chi connectivity index (χ2v) is 8.94. The van der Waals surface area contributed by atoms with E-state index in [4.69, 9.17) is 9.47 Å². The number of pyridine rings is 1. The molecule has 1 unspecified atom stereocenters. The number of hydrogen-bond donors (Lipinski definition) is 1. The van der Waals surface area contributed by atoms with Crippen LogP contribution in [0, 0.1) is 5.92 Å². The molecule has 0 spiro atoms. The maximum Gasteiger partial charge on any atom is 0.270 e. The number of rotatable bonds is 16. The minimum atomic E-state index is -0.464. The standard InChI is InChI=1S/C28H36N2O6.C2H6.H2/c1-5-25(32)13-15-36-18-24(17-35-14-12-20(4)31)30-28(34)26-11-10-23(16-29-26)21-6-8-22(9-7-21)27(33)19(2)3;1-2;/h6-11,16,19,24H,5,12-15,17-18H2,1-4H3,(H,30,34);1-2H3;1H. The van der Waals surface area contributed by atoms with E-state index in [1.807, 2.05) is 39.8 Å². The van der Waals surface area contributed by atoms with Gasteiger partial charge in [-0.25, -0.2) is 0 Å². The molecule has 0 bridgehead atoms. The molecule has 0 saturated heterocycles. The first-order valence-electron chi connectivity index (χ1n) is 13.3. The van der Waals surface area contributed by atoms with Gasteiger partial charge >= 0.3 is 0 Å². The van der Waals surface area contributed by atoms with Crippen molar-refractivity contribution in [1.82, 2.24) is 10.3 Å². The van der Waals surface area contributed by atoms with Gasteiger partial charge in [-0.15, -0.1) is 0 Å². The molecule has 1 aromatic heterocycles. The highest BCUT2D eigenvalue weighted by atomic mass is 16.5. The lowest BCUT2D eigenvalue weighted by atomic mass is 9.98. The van der Waals surface area contributed by atoms with E-state index in [1.165, 1.54) is 6.92 Å². The van der Waals surface area contributed by atoms with Crippen molar-refractivity contribution in [3.05, 3.63) is 53.9 Å². The van der Waals surface area contributed by atoms with Crippen molar-refractivity contribution in [2.45, 2.75) is 66.8 Å². The molecule has 2 rings (SSSR count). The molecule has 8 heteroatoms. The summed E-state index contributed by atoms with van der Waals surface area (Å²) >= 11 is 0. The van der Waals surface area contributed by atoms with E-state index in [-0.39, 0.29) is 62.7 Å². The van der Waals surface area contributed by atoms with Gasteiger partial charge in [-0.3, -0.25) is 24.2 Å². The Hall–Kier alpha value is -3.23. The Balaban J connectivity index is 0.00000470. The fourth-order valence-electron chi connectivity index (χ4n) is 3.28. The minimum Gasteiger partial charge on any atom is -0.379 e. The average Bonchev–Trinajstić information content (AvgIpc) is 2.93. The molecular weight excluding hydrogens is 484 g/mol. The van der Waals surface area contributed by atoms with Crippen LogP contribution >= 0.6 is 0 Å². The van der Waals surface area contributed by atoms with Crippen molar-refractivity contribution in [1.29, 1.82) is 0 Å². The Morgan fingerprint density at radius 3 is 1.97 bits per heavy atom. The number of aromatic nitrogens is 1. The van der Waals surface area contributed by atoms with E-state index in [9.17, 15) is 19.2 Å². The summed E-state index contributed by atoms with van der Waals surface area (Å²) < 4.78 is 11.1. The normalized spacial score (nSPS) is 11.3. The van der Waals surface area contributed by atoms with Crippen LogP contribution in [-0.4, -0.2) is 60.7 Å². The van der Waals surface area contributed by atoms with Gasteiger partial charge < -0.3 is 14.8 Å². The molecule has 2 aromatic rings. The third kappa shape index (κ3) is 11.9. The van der Waals surface area contributed by atoms with E-state index in [1.54, 1.807) is 37.4 Å². The molecule has 0 aliphatic carbocycles. The number of carbonyl (C=O) groups excluding carboxylic acids is 4. The van der Waals surface area contributed by atoms with Gasteiger partial charge in [-0.1, -0.05) is 65.0 Å². The first kappa shape index (κ1) is 32.8. The van der Waals surface area contributed by atoms with E-state index in [0.29, 0.717) is 24.8 Å². The number of carbonyl (C=O) groups is 4. The molecule has 0 aliphatic rings. The number of benzene rings is 1. The number of hydrogen-bond acceptors (Lipinski definition) is 7. The third-order valence-corrected chi connectivity index (χ3v) is 5.51. The van der Waals surface area contributed by atoms with Crippen LogP contribution in [0.2, 0.25) is 0 Å². The highest BCUT2D eigenvalue weighted by Gasteiger charge is 2.17. The predicted molar refractivity (Wildman–Crippen MR) is 150 cm³/mol. The number of nitrogens with one attached hydrogen (secondary N) is 1. The van der Waals surface area contributed by atoms with Crippen molar-refractivity contribution in [2.24, 2.45) is 5.92 Å². The number of Topliss-reactive ketones (excluding diaryl/α,β-unsaturated/α-hetero) is 3. The lowest BCUT2D eigenvalue weighted by Crippen LogP contribution is -2.42. The fourth-order valence-corrected chi connectivity index (χ4v) is 3.28. The minimum absolute atomic E-state index is 0. The number of nitrogens with zero attached hydrogens (tertiary/aromatic N) is 1. The van der Waals surface area contributed by atoms with Gasteiger partial charge in [-0.05, 0) is 18.6 Å². The van der Waals surface area contributed by atoms with Crippen molar-refractivity contribution in [2.75, 3.05) is 26.4 Å². The predicted octanol–water partition coefficient (Wildman–Crippen LogP) is 5.34. The first-order chi connectivity index (χ1) is 18.2. The number of ketones is 3. The van der Waals surface area contributed by atoms with Crippen LogP contribution in [0.4, 0.5) is 0 Å². The molecule has 1 atom stereocenters. The Bertz CT molecular complexity index is 1020. The second kappa shape index (κ2) is 18.1. The number of ether oxygens (including phenoxy) is 2. The molecule has 1 amide bonds. The number of amides is 1. The zero-order valence-electron chi connectivity index (χ0n) is 23.5. The quantitative estimate of drug-likeness (QED) is 0.231. The summed E-state index contributed by atoms with van der Waals surface area (Å²) in [6.07, 6.45) is 2.68. The van der Waals surface area contributed by atoms with Crippen molar-refractivity contribution in [3.8, 4) is 11.1 Å². The Morgan fingerprint density at radius 1 is 0.895 bits per heavy atom. The third-order valence-electron chi connectivity index (χ3n) is 5.51. The van der Waals surface area contributed by atoms with Crippen molar-refractivity contribution in [3.63, 3.8) is 0 Å². The topological polar surface area (TPSA) is 112 Å². The largest absolute Gasteiger partial charge is 0.379 e. The maximum atomic E-state index is 12.8. The molecular formula is C30H44N2O6. The zero-order chi connectivity index (χ0) is 28.5. The van der Waals surface area contributed by atoms with Gasteiger partial charge in [0.05, 0.1) is 32.5 Å². The Kier molecular flexibility index (Phi) is 15.6. The highest BCUT2D eigenvalue weighted by Crippen LogP contribution is 2.20. The van der Waals surface area contributed by atoms with Gasteiger partial charge in [0.1, 0.15) is 17.3 Å². The second-order valence-electron chi connectivity index (χ2n) is 8.94. The Morgan fingerprint density at radius 2 is 1.47 bits per heavy atom. The monoisotopic (exact) mass is 528 g/mol. The van der Waals surface area contributed by atoms with Crippen LogP contribution in [0.15, 0.2) is 42.6 Å².